The molecule has 0 saturated carbocycles. The Labute approximate surface area is 392 Å². The van der Waals surface area contributed by atoms with Crippen LogP contribution in [0.4, 0.5) is 0 Å². The van der Waals surface area contributed by atoms with Crippen LogP contribution in [0.5, 0.6) is 0 Å². The molecule has 67 heavy (non-hydrogen) atoms. The Balaban J connectivity index is 1.23. The molecular formula is C64H51BN2. The van der Waals surface area contributed by atoms with Crippen molar-refractivity contribution < 1.29 is 0 Å². The van der Waals surface area contributed by atoms with Gasteiger partial charge in [0.25, 0.3) is 6.71 Å². The minimum atomic E-state index is -0.0589. The highest BCUT2D eigenvalue weighted by Gasteiger charge is 2.44. The van der Waals surface area contributed by atoms with E-state index >= 15 is 0 Å². The Hall–Kier alpha value is -7.36. The van der Waals surface area contributed by atoms with Gasteiger partial charge >= 0.3 is 0 Å². The fraction of sp³-hybridized carbons (Fsp3) is 0.156. The molecule has 320 valence electrons. The van der Waals surface area contributed by atoms with Crippen LogP contribution < -0.4 is 16.4 Å². The number of hydrogen-bond donors (Lipinski definition) is 0. The molecule has 1 aliphatic carbocycles. The summed E-state index contributed by atoms with van der Waals surface area (Å²) in [6.45, 7) is 14.2. The monoisotopic (exact) mass is 858 g/mol. The lowest BCUT2D eigenvalue weighted by Crippen LogP contribution is -2.60. The van der Waals surface area contributed by atoms with Crippen molar-refractivity contribution >= 4 is 83.4 Å². The number of fused-ring (bicyclic) bond motifs is 11. The molecular weight excluding hydrogens is 808 g/mol. The van der Waals surface area contributed by atoms with Crippen molar-refractivity contribution in [1.29, 1.82) is 0 Å². The van der Waals surface area contributed by atoms with E-state index in [2.05, 4.69) is 227 Å². The summed E-state index contributed by atoms with van der Waals surface area (Å²) in [5, 5.41) is 9.03. The summed E-state index contributed by atoms with van der Waals surface area (Å²) in [6, 6.07) is 63.1. The quantitative estimate of drug-likeness (QED) is 0.157. The third kappa shape index (κ3) is 5.52. The second-order valence-corrected chi connectivity index (χ2v) is 21.6. The summed E-state index contributed by atoms with van der Waals surface area (Å²) >= 11 is 0. The molecule has 0 atom stereocenters. The van der Waals surface area contributed by atoms with E-state index in [1.165, 1.54) is 138 Å². The molecule has 0 unspecified atom stereocenters. The summed E-state index contributed by atoms with van der Waals surface area (Å²) in [4.78, 5) is 0. The van der Waals surface area contributed by atoms with Crippen molar-refractivity contribution in [2.75, 3.05) is 0 Å². The van der Waals surface area contributed by atoms with Gasteiger partial charge in [-0.15, -0.1) is 0 Å². The maximum Gasteiger partial charge on any atom is 0.252 e. The van der Waals surface area contributed by atoms with Crippen LogP contribution in [0.15, 0.2) is 170 Å². The van der Waals surface area contributed by atoms with Crippen molar-refractivity contribution in [2.45, 2.75) is 65.2 Å². The van der Waals surface area contributed by atoms with E-state index < -0.39 is 0 Å². The van der Waals surface area contributed by atoms with Gasteiger partial charge < -0.3 is 9.13 Å². The summed E-state index contributed by atoms with van der Waals surface area (Å²) in [7, 11) is 0. The second-order valence-electron chi connectivity index (χ2n) is 21.6. The zero-order valence-corrected chi connectivity index (χ0v) is 39.1. The fourth-order valence-electron chi connectivity index (χ4n) is 12.3. The van der Waals surface area contributed by atoms with Gasteiger partial charge in [0.1, 0.15) is 0 Å². The fourth-order valence-corrected chi connectivity index (χ4v) is 12.3. The van der Waals surface area contributed by atoms with Crippen LogP contribution in [-0.2, 0) is 17.3 Å². The van der Waals surface area contributed by atoms with E-state index in [1.54, 1.807) is 0 Å². The van der Waals surface area contributed by atoms with Crippen LogP contribution >= 0.6 is 0 Å². The molecule has 3 aliphatic rings. The Kier molecular flexibility index (Phi) is 7.90. The van der Waals surface area contributed by atoms with Gasteiger partial charge in [0, 0.05) is 44.1 Å². The molecule has 2 nitrogen and oxygen atoms in total. The second kappa shape index (κ2) is 13.6. The highest BCUT2D eigenvalue weighted by molar-refractivity contribution is 7.00. The third-order valence-corrected chi connectivity index (χ3v) is 15.6. The first-order valence-corrected chi connectivity index (χ1v) is 24.3. The first kappa shape index (κ1) is 38.9. The Morgan fingerprint density at radius 2 is 1.10 bits per heavy atom. The lowest BCUT2D eigenvalue weighted by molar-refractivity contribution is 0.590. The van der Waals surface area contributed by atoms with Gasteiger partial charge in [0.15, 0.2) is 0 Å². The maximum absolute atomic E-state index is 2.73. The van der Waals surface area contributed by atoms with Crippen LogP contribution in [0, 0.1) is 0 Å². The van der Waals surface area contributed by atoms with Gasteiger partial charge in [-0.3, -0.25) is 0 Å². The molecule has 0 fully saturated rings. The minimum Gasteiger partial charge on any atom is -0.310 e. The average molecular weight is 859 g/mol. The highest BCUT2D eigenvalue weighted by atomic mass is 15.0. The van der Waals surface area contributed by atoms with E-state index in [-0.39, 0.29) is 17.5 Å². The van der Waals surface area contributed by atoms with E-state index in [9.17, 15) is 0 Å². The minimum absolute atomic E-state index is 0.0118. The molecule has 0 spiro atoms. The predicted molar refractivity (Wildman–Crippen MR) is 288 cm³/mol. The van der Waals surface area contributed by atoms with Gasteiger partial charge in [0.05, 0.1) is 11.2 Å². The molecule has 0 N–H and O–H groups in total. The molecule has 3 heteroatoms. The van der Waals surface area contributed by atoms with Crippen LogP contribution in [0.1, 0.15) is 70.2 Å². The summed E-state index contributed by atoms with van der Waals surface area (Å²) in [5.74, 6) is 0. The Morgan fingerprint density at radius 1 is 0.463 bits per heavy atom. The zero-order chi connectivity index (χ0) is 45.1. The maximum atomic E-state index is 2.73. The molecule has 14 rings (SSSR count). The SMILES string of the molecule is CC(C)(C)c1ccc2c(c1)c1cc(C(C)(C)C)cc3c1n2-c1cc(-c2ccccc2)cc2c1B3c1c3c(cc4c(-c5ccc6ccccc6c5)c(-c5ccc6ccccc6c5)n-2c14)C=CCC3. The lowest BCUT2D eigenvalue weighted by atomic mass is 9.33. The number of rotatable bonds is 3. The van der Waals surface area contributed by atoms with E-state index in [1.807, 2.05) is 0 Å². The molecule has 2 aliphatic heterocycles. The van der Waals surface area contributed by atoms with Crippen molar-refractivity contribution in [2.24, 2.45) is 0 Å². The zero-order valence-electron chi connectivity index (χ0n) is 39.1. The molecule has 0 amide bonds. The van der Waals surface area contributed by atoms with Crippen LogP contribution in [0.25, 0.3) is 105 Å². The Morgan fingerprint density at radius 3 is 1.82 bits per heavy atom. The number of nitrogens with zero attached hydrogens (tertiary/aromatic N) is 2. The molecule has 0 bridgehead atoms. The first-order valence-electron chi connectivity index (χ1n) is 24.3. The molecule has 11 aromatic rings. The number of hydrogen-bond acceptors (Lipinski definition) is 0. The summed E-state index contributed by atoms with van der Waals surface area (Å²) < 4.78 is 5.40. The van der Waals surface area contributed by atoms with E-state index in [0.29, 0.717) is 0 Å². The number of aromatic nitrogens is 2. The van der Waals surface area contributed by atoms with Gasteiger partial charge in [-0.2, -0.15) is 0 Å². The number of allylic oxidation sites excluding steroid dienone is 1. The van der Waals surface area contributed by atoms with Crippen LogP contribution in [-0.4, -0.2) is 15.8 Å². The Bertz CT molecular complexity index is 3990. The van der Waals surface area contributed by atoms with Crippen LogP contribution in [0.3, 0.4) is 0 Å². The predicted octanol–water partition coefficient (Wildman–Crippen LogP) is 14.7. The first-order chi connectivity index (χ1) is 32.5. The standard InChI is InChI=1S/C64H51BN2/c1-63(2,3)47-28-29-54-50(35-47)51-36-48(64(4,5)6)37-53-61(51)66(54)55-33-46(38-16-8-7-9-17-38)34-56-59(55)65(53)58-49-23-15-14-22-43(49)32-52-57(44-26-24-39-18-10-12-20-41(39)30-44)60(67(56)62(52)58)45-27-25-40-19-11-13-21-42(40)31-45/h7-14,16-22,24-37H,15,23H2,1-6H3. The smallest absolute Gasteiger partial charge is 0.252 e. The van der Waals surface area contributed by atoms with Gasteiger partial charge in [-0.1, -0.05) is 169 Å². The van der Waals surface area contributed by atoms with Crippen molar-refractivity contribution in [3.05, 3.63) is 192 Å². The van der Waals surface area contributed by atoms with Crippen molar-refractivity contribution in [3.63, 3.8) is 0 Å². The molecule has 2 aromatic heterocycles. The third-order valence-electron chi connectivity index (χ3n) is 15.6. The molecule has 0 radical (unpaired) electrons. The molecule has 0 saturated heterocycles. The normalized spacial score (nSPS) is 13.9. The molecule has 4 heterocycles. The average Bonchev–Trinajstić information content (AvgIpc) is 3.86. The molecule has 9 aromatic carbocycles. The van der Waals surface area contributed by atoms with Crippen molar-refractivity contribution in [3.8, 4) is 44.9 Å². The highest BCUT2D eigenvalue weighted by Crippen LogP contribution is 2.49. The van der Waals surface area contributed by atoms with Crippen LogP contribution in [0.2, 0.25) is 0 Å². The van der Waals surface area contributed by atoms with Gasteiger partial charge in [0.2, 0.25) is 0 Å². The summed E-state index contributed by atoms with van der Waals surface area (Å²) in [5.41, 5.74) is 23.9. The largest absolute Gasteiger partial charge is 0.310 e. The van der Waals surface area contributed by atoms with Gasteiger partial charge in [-0.25, -0.2) is 0 Å². The number of benzene rings is 9. The van der Waals surface area contributed by atoms with E-state index in [4.69, 9.17) is 0 Å². The summed E-state index contributed by atoms with van der Waals surface area (Å²) in [6.07, 6.45) is 6.88. The van der Waals surface area contributed by atoms with Gasteiger partial charge in [-0.05, 0) is 155 Å². The lowest BCUT2D eigenvalue weighted by Gasteiger charge is -2.37. The topological polar surface area (TPSA) is 9.86 Å². The van der Waals surface area contributed by atoms with E-state index in [0.717, 1.165) is 12.8 Å². The van der Waals surface area contributed by atoms with Crippen molar-refractivity contribution in [1.82, 2.24) is 9.13 Å².